The first-order chi connectivity index (χ1) is 16.0. The van der Waals surface area contributed by atoms with E-state index in [1.54, 1.807) is 17.8 Å². The van der Waals surface area contributed by atoms with Gasteiger partial charge in [0.15, 0.2) is 11.2 Å². The molecule has 0 aliphatic carbocycles. The maximum absolute atomic E-state index is 12.9. The average molecular weight is 447 g/mol. The number of hydrogen-bond donors (Lipinski definition) is 1. The minimum atomic E-state index is -0.426. The minimum absolute atomic E-state index is 0.315. The Morgan fingerprint density at radius 3 is 2.45 bits per heavy atom. The van der Waals surface area contributed by atoms with Gasteiger partial charge in [0.25, 0.3) is 5.56 Å². The number of aromatic nitrogens is 4. The van der Waals surface area contributed by atoms with Crippen molar-refractivity contribution in [2.75, 3.05) is 12.0 Å². The molecule has 0 unspecified atom stereocenters. The van der Waals surface area contributed by atoms with Gasteiger partial charge in [0, 0.05) is 20.6 Å². The van der Waals surface area contributed by atoms with Crippen molar-refractivity contribution in [3.63, 3.8) is 0 Å². The van der Waals surface area contributed by atoms with E-state index in [0.717, 1.165) is 21.4 Å². The monoisotopic (exact) mass is 446 g/mol. The van der Waals surface area contributed by atoms with E-state index in [1.165, 1.54) is 11.6 Å². The molecule has 0 amide bonds. The van der Waals surface area contributed by atoms with Crippen LogP contribution in [0.15, 0.2) is 69.3 Å². The van der Waals surface area contributed by atoms with E-state index in [4.69, 9.17) is 4.74 Å². The Balaban J connectivity index is 1.68. The summed E-state index contributed by atoms with van der Waals surface area (Å²) in [6, 6.07) is 17.5. The Labute approximate surface area is 190 Å². The van der Waals surface area contributed by atoms with Crippen LogP contribution in [0.5, 0.6) is 5.75 Å². The zero-order chi connectivity index (χ0) is 23.4. The second kappa shape index (κ2) is 9.56. The number of imidazole rings is 1. The Morgan fingerprint density at radius 2 is 1.76 bits per heavy atom. The first-order valence-electron chi connectivity index (χ1n) is 10.7. The topological polar surface area (TPSA) is 95.4 Å². The number of ether oxygens (including phenoxy) is 1. The van der Waals surface area contributed by atoms with Crippen LogP contribution in [0, 0.1) is 0 Å². The first-order valence-corrected chi connectivity index (χ1v) is 10.7. The fraction of sp³-hybridized carbons (Fsp3) is 0.250. The molecule has 0 radical (unpaired) electrons. The molecule has 4 rings (SSSR count). The third-order valence-electron chi connectivity index (χ3n) is 5.38. The molecule has 0 atom stereocenters. The fourth-order valence-corrected chi connectivity index (χ4v) is 3.62. The predicted molar refractivity (Wildman–Crippen MR) is 129 cm³/mol. The molecule has 0 saturated carbocycles. The largest absolute Gasteiger partial charge is 0.494 e. The summed E-state index contributed by atoms with van der Waals surface area (Å²) in [6.07, 6.45) is 2.35. The molecule has 4 aromatic rings. The van der Waals surface area contributed by atoms with Gasteiger partial charge in [-0.25, -0.2) is 10.2 Å². The van der Waals surface area contributed by atoms with E-state index in [2.05, 4.69) is 15.5 Å². The van der Waals surface area contributed by atoms with Crippen LogP contribution in [0.4, 0.5) is 5.95 Å². The first kappa shape index (κ1) is 22.1. The molecule has 170 valence electrons. The maximum atomic E-state index is 12.9. The number of fused-ring (bicyclic) bond motifs is 1. The summed E-state index contributed by atoms with van der Waals surface area (Å²) in [7, 11) is 3.07. The second-order valence-electron chi connectivity index (χ2n) is 7.57. The summed E-state index contributed by atoms with van der Waals surface area (Å²) in [4.78, 5) is 29.9. The Kier molecular flexibility index (Phi) is 6.39. The van der Waals surface area contributed by atoms with Crippen LogP contribution >= 0.6 is 0 Å². The van der Waals surface area contributed by atoms with Crippen LogP contribution in [0.1, 0.15) is 18.1 Å². The number of rotatable bonds is 8. The second-order valence-corrected chi connectivity index (χ2v) is 7.57. The average Bonchev–Trinajstić information content (AvgIpc) is 3.20. The lowest BCUT2D eigenvalue weighted by Crippen LogP contribution is -2.37. The molecule has 0 saturated heterocycles. The molecule has 33 heavy (non-hydrogen) atoms. The number of hydrazone groups is 1. The summed E-state index contributed by atoms with van der Waals surface area (Å²) >= 11 is 0. The molecule has 0 fully saturated rings. The van der Waals surface area contributed by atoms with Gasteiger partial charge in [0.2, 0.25) is 5.95 Å². The zero-order valence-corrected chi connectivity index (χ0v) is 18.9. The zero-order valence-electron chi connectivity index (χ0n) is 18.9. The fourth-order valence-electron chi connectivity index (χ4n) is 3.62. The van der Waals surface area contributed by atoms with Gasteiger partial charge in [0.1, 0.15) is 5.75 Å². The number of aryl methyl sites for hydroxylation is 3. The van der Waals surface area contributed by atoms with Gasteiger partial charge in [-0.3, -0.25) is 13.9 Å². The van der Waals surface area contributed by atoms with Crippen molar-refractivity contribution < 1.29 is 4.74 Å². The molecule has 1 N–H and O–H groups in total. The van der Waals surface area contributed by atoms with Crippen LogP contribution in [0.3, 0.4) is 0 Å². The van der Waals surface area contributed by atoms with E-state index < -0.39 is 11.2 Å². The van der Waals surface area contributed by atoms with Crippen LogP contribution in [0.2, 0.25) is 0 Å². The molecule has 0 aliphatic rings. The van der Waals surface area contributed by atoms with E-state index in [1.807, 2.05) is 61.5 Å². The highest BCUT2D eigenvalue weighted by molar-refractivity contribution is 5.80. The Bertz CT molecular complexity index is 1400. The summed E-state index contributed by atoms with van der Waals surface area (Å²) < 4.78 is 9.70. The maximum Gasteiger partial charge on any atom is 0.332 e. The normalized spacial score (nSPS) is 11.4. The summed E-state index contributed by atoms with van der Waals surface area (Å²) in [5, 5.41) is 4.31. The molecule has 2 heterocycles. The summed E-state index contributed by atoms with van der Waals surface area (Å²) in [5.74, 6) is 1.18. The lowest BCUT2D eigenvalue weighted by atomic mass is 10.1. The van der Waals surface area contributed by atoms with E-state index in [9.17, 15) is 9.59 Å². The van der Waals surface area contributed by atoms with Crippen molar-refractivity contribution in [1.29, 1.82) is 0 Å². The van der Waals surface area contributed by atoms with Crippen molar-refractivity contribution >= 4 is 23.3 Å². The quantitative estimate of drug-likeness (QED) is 0.332. The van der Waals surface area contributed by atoms with Gasteiger partial charge >= 0.3 is 5.69 Å². The van der Waals surface area contributed by atoms with Crippen LogP contribution in [-0.2, 0) is 27.1 Å². The van der Waals surface area contributed by atoms with Crippen molar-refractivity contribution in [3.8, 4) is 5.75 Å². The van der Waals surface area contributed by atoms with Crippen molar-refractivity contribution in [2.24, 2.45) is 19.2 Å². The lowest BCUT2D eigenvalue weighted by Gasteiger charge is -2.09. The third-order valence-corrected chi connectivity index (χ3v) is 5.38. The van der Waals surface area contributed by atoms with E-state index >= 15 is 0 Å². The van der Waals surface area contributed by atoms with E-state index in [0.29, 0.717) is 36.7 Å². The minimum Gasteiger partial charge on any atom is -0.494 e. The van der Waals surface area contributed by atoms with Gasteiger partial charge < -0.3 is 9.30 Å². The van der Waals surface area contributed by atoms with Crippen molar-refractivity contribution in [3.05, 3.63) is 86.6 Å². The predicted octanol–water partition coefficient (Wildman–Crippen LogP) is 2.52. The summed E-state index contributed by atoms with van der Waals surface area (Å²) in [5.41, 5.74) is 4.81. The molecule has 9 nitrogen and oxygen atoms in total. The molecular formula is C24H26N6O3. The molecule has 9 heteroatoms. The van der Waals surface area contributed by atoms with Crippen molar-refractivity contribution in [2.45, 2.75) is 19.9 Å². The number of nitrogens with one attached hydrogen (secondary N) is 1. The highest BCUT2D eigenvalue weighted by Gasteiger charge is 2.19. The Morgan fingerprint density at radius 1 is 1.03 bits per heavy atom. The summed E-state index contributed by atoms with van der Waals surface area (Å²) in [6.45, 7) is 3.04. The van der Waals surface area contributed by atoms with Gasteiger partial charge in [-0.05, 0) is 48.7 Å². The molecule has 0 aliphatic heterocycles. The molecular weight excluding hydrogens is 420 g/mol. The smallest absolute Gasteiger partial charge is 0.332 e. The molecule has 2 aromatic heterocycles. The van der Waals surface area contributed by atoms with Crippen molar-refractivity contribution in [1.82, 2.24) is 18.7 Å². The number of hydrogen-bond acceptors (Lipinski definition) is 6. The molecule has 0 spiro atoms. The Hall–Kier alpha value is -4.14. The highest BCUT2D eigenvalue weighted by Crippen LogP contribution is 2.17. The van der Waals surface area contributed by atoms with Gasteiger partial charge in [0.05, 0.1) is 12.8 Å². The third kappa shape index (κ3) is 4.57. The van der Waals surface area contributed by atoms with Crippen LogP contribution in [-0.4, -0.2) is 31.5 Å². The van der Waals surface area contributed by atoms with E-state index in [-0.39, 0.29) is 0 Å². The van der Waals surface area contributed by atoms with Gasteiger partial charge in [-0.15, -0.1) is 0 Å². The van der Waals surface area contributed by atoms with Gasteiger partial charge in [-0.2, -0.15) is 10.1 Å². The number of anilines is 1. The van der Waals surface area contributed by atoms with Crippen LogP contribution < -0.4 is 21.4 Å². The standard InChI is InChI=1S/C24H26N6O3/c1-4-33-19-12-10-18(11-13-19)16-25-27-23-26-21-20(22(31)29(3)24(32)28(21)2)30(23)15-14-17-8-6-5-7-9-17/h5-13,16H,4,14-15H2,1-3H3,(H,26,27). The van der Waals surface area contributed by atoms with Gasteiger partial charge in [-0.1, -0.05) is 30.3 Å². The van der Waals surface area contributed by atoms with Crippen LogP contribution in [0.25, 0.3) is 11.2 Å². The highest BCUT2D eigenvalue weighted by atomic mass is 16.5. The number of benzene rings is 2. The SMILES string of the molecule is CCOc1ccc(C=NNc2nc3c(c(=O)n(C)c(=O)n3C)n2CCc2ccccc2)cc1. The molecule has 2 aromatic carbocycles. The number of nitrogens with zero attached hydrogens (tertiary/aromatic N) is 5. The molecule has 0 bridgehead atoms. The lowest BCUT2D eigenvalue weighted by molar-refractivity contribution is 0.340.